The molecule has 5 nitrogen and oxygen atoms in total. The molecule has 0 fully saturated rings. The van der Waals surface area contributed by atoms with E-state index in [0.29, 0.717) is 17.0 Å². The summed E-state index contributed by atoms with van der Waals surface area (Å²) in [4.78, 5) is 27.7. The van der Waals surface area contributed by atoms with E-state index in [4.69, 9.17) is 4.74 Å². The Morgan fingerprint density at radius 3 is 2.50 bits per heavy atom. The zero-order valence-electron chi connectivity index (χ0n) is 11.0. The van der Waals surface area contributed by atoms with Gasteiger partial charge >= 0.3 is 0 Å². The number of methoxy groups -OCH3 is 1. The van der Waals surface area contributed by atoms with Crippen LogP contribution in [0.1, 0.15) is 16.1 Å². The number of hydrogen-bond acceptors (Lipinski definition) is 4. The Bertz CT molecular complexity index is 594. The van der Waals surface area contributed by atoms with E-state index in [1.54, 1.807) is 42.6 Å². The van der Waals surface area contributed by atoms with Crippen LogP contribution in [-0.4, -0.2) is 23.8 Å². The number of aromatic nitrogens is 1. The number of carbonyl (C=O) groups excluding carboxylic acids is 2. The molecule has 102 valence electrons. The maximum Gasteiger partial charge on any atom is 0.292 e. The number of benzene rings is 1. The van der Waals surface area contributed by atoms with Gasteiger partial charge in [0.15, 0.2) is 0 Å². The summed E-state index contributed by atoms with van der Waals surface area (Å²) >= 11 is 0. The summed E-state index contributed by atoms with van der Waals surface area (Å²) in [6.45, 7) is 0.224. The fraction of sp³-hybridized carbons (Fsp3) is 0.133. The molecule has 1 aromatic heterocycles. The van der Waals surface area contributed by atoms with E-state index in [1.807, 2.05) is 6.07 Å². The molecule has 0 aliphatic carbocycles. The number of rotatable bonds is 5. The van der Waals surface area contributed by atoms with E-state index in [-0.39, 0.29) is 6.54 Å². The van der Waals surface area contributed by atoms with E-state index in [9.17, 15) is 9.59 Å². The minimum atomic E-state index is -0.652. The predicted octanol–water partition coefficient (Wildman–Crippen LogP) is 1.59. The first kappa shape index (κ1) is 13.7. The van der Waals surface area contributed by atoms with Gasteiger partial charge in [0.2, 0.25) is 5.78 Å². The van der Waals surface area contributed by atoms with Crippen LogP contribution < -0.4 is 10.1 Å². The average Bonchev–Trinajstić information content (AvgIpc) is 2.53. The number of ketones is 1. The lowest BCUT2D eigenvalue weighted by Crippen LogP contribution is -2.30. The molecule has 20 heavy (non-hydrogen) atoms. The van der Waals surface area contributed by atoms with Gasteiger partial charge in [-0.25, -0.2) is 0 Å². The third-order valence-electron chi connectivity index (χ3n) is 2.71. The van der Waals surface area contributed by atoms with Crippen molar-refractivity contribution >= 4 is 11.7 Å². The number of pyridine rings is 1. The Morgan fingerprint density at radius 1 is 1.15 bits per heavy atom. The van der Waals surface area contributed by atoms with Crippen LogP contribution >= 0.6 is 0 Å². The van der Waals surface area contributed by atoms with Crippen LogP contribution in [0.5, 0.6) is 5.75 Å². The molecule has 0 saturated heterocycles. The maximum absolute atomic E-state index is 11.9. The first-order valence-corrected chi connectivity index (χ1v) is 6.07. The number of Topliss-reactive ketones (excluding diaryl/α,β-unsaturated/α-hetero) is 1. The van der Waals surface area contributed by atoms with Crippen LogP contribution in [0.4, 0.5) is 0 Å². The summed E-state index contributed by atoms with van der Waals surface area (Å²) in [5.74, 6) is -0.597. The second-order valence-corrected chi connectivity index (χ2v) is 4.06. The van der Waals surface area contributed by atoms with Crippen LogP contribution in [0.2, 0.25) is 0 Å². The fourth-order valence-electron chi connectivity index (χ4n) is 1.63. The van der Waals surface area contributed by atoms with Gasteiger partial charge in [0.25, 0.3) is 5.91 Å². The molecule has 0 bridgehead atoms. The molecule has 0 spiro atoms. The van der Waals surface area contributed by atoms with Gasteiger partial charge in [-0.05, 0) is 36.4 Å². The number of amides is 1. The molecule has 2 aromatic rings. The minimum Gasteiger partial charge on any atom is -0.497 e. The molecular weight excluding hydrogens is 256 g/mol. The van der Waals surface area contributed by atoms with Crippen LogP contribution in [0.3, 0.4) is 0 Å². The normalized spacial score (nSPS) is 9.85. The summed E-state index contributed by atoms with van der Waals surface area (Å²) in [5, 5.41) is 2.54. The number of nitrogens with one attached hydrogen (secondary N) is 1. The minimum absolute atomic E-state index is 0.224. The Labute approximate surface area is 116 Å². The second-order valence-electron chi connectivity index (χ2n) is 4.06. The Balaban J connectivity index is 1.96. The highest BCUT2D eigenvalue weighted by atomic mass is 16.5. The lowest BCUT2D eigenvalue weighted by molar-refractivity contribution is -0.117. The highest BCUT2D eigenvalue weighted by molar-refractivity contribution is 6.42. The first-order valence-electron chi connectivity index (χ1n) is 6.07. The van der Waals surface area contributed by atoms with Gasteiger partial charge in [-0.3, -0.25) is 14.6 Å². The first-order chi connectivity index (χ1) is 9.70. The molecular formula is C15H14N2O3. The van der Waals surface area contributed by atoms with Gasteiger partial charge in [0.05, 0.1) is 19.3 Å². The van der Waals surface area contributed by atoms with Crippen molar-refractivity contribution < 1.29 is 14.3 Å². The Hall–Kier alpha value is -2.69. The summed E-state index contributed by atoms with van der Waals surface area (Å²) in [5.41, 5.74) is 1.02. The highest BCUT2D eigenvalue weighted by Gasteiger charge is 2.15. The quantitative estimate of drug-likeness (QED) is 0.661. The number of carbonyl (C=O) groups is 2. The molecule has 1 amide bonds. The molecule has 5 heteroatoms. The third kappa shape index (κ3) is 3.41. The molecule has 1 aromatic carbocycles. The van der Waals surface area contributed by atoms with Gasteiger partial charge in [-0.15, -0.1) is 0 Å². The largest absolute Gasteiger partial charge is 0.497 e. The van der Waals surface area contributed by atoms with Gasteiger partial charge < -0.3 is 10.1 Å². The smallest absolute Gasteiger partial charge is 0.292 e. The summed E-state index contributed by atoms with van der Waals surface area (Å²) < 4.78 is 4.99. The van der Waals surface area contributed by atoms with Crippen molar-refractivity contribution in [3.63, 3.8) is 0 Å². The Kier molecular flexibility index (Phi) is 4.44. The number of ether oxygens (including phenoxy) is 1. The molecule has 0 saturated carbocycles. The van der Waals surface area contributed by atoms with Crippen molar-refractivity contribution in [3.8, 4) is 5.75 Å². The summed E-state index contributed by atoms with van der Waals surface area (Å²) in [6, 6.07) is 11.8. The third-order valence-corrected chi connectivity index (χ3v) is 2.71. The van der Waals surface area contributed by atoms with Crippen LogP contribution in [0.15, 0.2) is 48.7 Å². The van der Waals surface area contributed by atoms with E-state index in [1.165, 1.54) is 7.11 Å². The topological polar surface area (TPSA) is 68.3 Å². The van der Waals surface area contributed by atoms with Crippen molar-refractivity contribution in [3.05, 3.63) is 59.9 Å². The number of nitrogens with zero attached hydrogens (tertiary/aromatic N) is 1. The molecule has 0 radical (unpaired) electrons. The van der Waals surface area contributed by atoms with Gasteiger partial charge in [-0.2, -0.15) is 0 Å². The van der Waals surface area contributed by atoms with Crippen LogP contribution in [0, 0.1) is 0 Å². The van der Waals surface area contributed by atoms with Gasteiger partial charge in [0.1, 0.15) is 5.75 Å². The molecule has 0 aliphatic rings. The molecule has 1 heterocycles. The van der Waals surface area contributed by atoms with Gasteiger partial charge in [0, 0.05) is 11.8 Å². The van der Waals surface area contributed by atoms with Crippen LogP contribution in [-0.2, 0) is 11.3 Å². The zero-order valence-corrected chi connectivity index (χ0v) is 11.0. The molecule has 0 atom stereocenters. The van der Waals surface area contributed by atoms with Crippen molar-refractivity contribution in [1.29, 1.82) is 0 Å². The SMILES string of the molecule is COc1ccc(C(=O)C(=O)NCc2ccccn2)cc1. The standard InChI is InChI=1S/C15H14N2O3/c1-20-13-7-5-11(6-8-13)14(18)15(19)17-10-12-4-2-3-9-16-12/h2-9H,10H2,1H3,(H,17,19). The predicted molar refractivity (Wildman–Crippen MR) is 73.4 cm³/mol. The summed E-state index contributed by atoms with van der Waals surface area (Å²) in [7, 11) is 1.54. The van der Waals surface area contributed by atoms with E-state index >= 15 is 0 Å². The van der Waals surface area contributed by atoms with Crippen LogP contribution in [0.25, 0.3) is 0 Å². The Morgan fingerprint density at radius 2 is 1.90 bits per heavy atom. The lowest BCUT2D eigenvalue weighted by atomic mass is 10.1. The van der Waals surface area contributed by atoms with E-state index in [2.05, 4.69) is 10.3 Å². The fourth-order valence-corrected chi connectivity index (χ4v) is 1.63. The van der Waals surface area contributed by atoms with Crippen molar-refractivity contribution in [2.45, 2.75) is 6.54 Å². The molecule has 1 N–H and O–H groups in total. The van der Waals surface area contributed by atoms with Crippen molar-refractivity contribution in [2.24, 2.45) is 0 Å². The van der Waals surface area contributed by atoms with Crippen molar-refractivity contribution in [2.75, 3.05) is 7.11 Å². The molecule has 0 aliphatic heterocycles. The number of hydrogen-bond donors (Lipinski definition) is 1. The summed E-state index contributed by atoms with van der Waals surface area (Å²) in [6.07, 6.45) is 1.63. The lowest BCUT2D eigenvalue weighted by Gasteiger charge is -2.05. The highest BCUT2D eigenvalue weighted by Crippen LogP contribution is 2.11. The van der Waals surface area contributed by atoms with Gasteiger partial charge in [-0.1, -0.05) is 6.07 Å². The zero-order chi connectivity index (χ0) is 14.4. The van der Waals surface area contributed by atoms with E-state index < -0.39 is 11.7 Å². The van der Waals surface area contributed by atoms with E-state index in [0.717, 1.165) is 0 Å². The second kappa shape index (κ2) is 6.47. The average molecular weight is 270 g/mol. The molecule has 2 rings (SSSR count). The maximum atomic E-state index is 11.9. The monoisotopic (exact) mass is 270 g/mol. The molecule has 0 unspecified atom stereocenters. The van der Waals surface area contributed by atoms with Crippen molar-refractivity contribution in [1.82, 2.24) is 10.3 Å².